The van der Waals surface area contributed by atoms with Crippen molar-refractivity contribution in [3.63, 3.8) is 0 Å². The predicted octanol–water partition coefficient (Wildman–Crippen LogP) is 2.79. The number of nitrogens with zero attached hydrogens (tertiary/aromatic N) is 3. The molecule has 1 aliphatic heterocycles. The fraction of sp³-hybridized carbons (Fsp3) is 0.350. The number of hydrogen-bond donors (Lipinski definition) is 2. The van der Waals surface area contributed by atoms with Crippen LogP contribution in [0, 0.1) is 0 Å². The first-order valence-electron chi connectivity index (χ1n) is 9.32. The standard InChI is InChI=1S/C20H21F3N4O4/c1-19(15-6-3-7-25-16(15)17(24)28)12-26(8-9-27(19)18(29)30)11-13-4-2-5-14(10-13)31-20(21,22)23/h2-7,10H,8-9,11-12H2,1H3,(H2,24,28)(H,29,30). The Morgan fingerprint density at radius 2 is 2.00 bits per heavy atom. The number of alkyl halides is 3. The van der Waals surface area contributed by atoms with Crippen molar-refractivity contribution in [1.82, 2.24) is 14.8 Å². The third-order valence-electron chi connectivity index (χ3n) is 5.16. The first-order valence-corrected chi connectivity index (χ1v) is 9.32. The van der Waals surface area contributed by atoms with Gasteiger partial charge in [-0.25, -0.2) is 4.79 Å². The average molecular weight is 438 g/mol. The van der Waals surface area contributed by atoms with Crippen LogP contribution < -0.4 is 10.5 Å². The van der Waals surface area contributed by atoms with Crippen molar-refractivity contribution in [1.29, 1.82) is 0 Å². The zero-order chi connectivity index (χ0) is 22.8. The highest BCUT2D eigenvalue weighted by atomic mass is 19.4. The number of halogens is 3. The van der Waals surface area contributed by atoms with Crippen LogP contribution in [0.2, 0.25) is 0 Å². The van der Waals surface area contributed by atoms with Gasteiger partial charge < -0.3 is 15.6 Å². The Labute approximate surface area is 176 Å². The van der Waals surface area contributed by atoms with Gasteiger partial charge in [-0.05, 0) is 30.7 Å². The van der Waals surface area contributed by atoms with Crippen LogP contribution in [0.3, 0.4) is 0 Å². The highest BCUT2D eigenvalue weighted by Gasteiger charge is 2.44. The average Bonchev–Trinajstić information content (AvgIpc) is 2.66. The molecule has 2 heterocycles. The van der Waals surface area contributed by atoms with Crippen LogP contribution in [-0.4, -0.2) is 57.9 Å². The van der Waals surface area contributed by atoms with Crippen LogP contribution in [0.15, 0.2) is 42.6 Å². The minimum atomic E-state index is -4.80. The summed E-state index contributed by atoms with van der Waals surface area (Å²) in [6, 6.07) is 8.79. The van der Waals surface area contributed by atoms with Crippen LogP contribution in [-0.2, 0) is 12.1 Å². The first kappa shape index (κ1) is 22.3. The number of carboxylic acid groups (broad SMARTS) is 1. The largest absolute Gasteiger partial charge is 0.573 e. The van der Waals surface area contributed by atoms with E-state index in [2.05, 4.69) is 9.72 Å². The molecule has 2 aromatic rings. The highest BCUT2D eigenvalue weighted by Crippen LogP contribution is 2.35. The summed E-state index contributed by atoms with van der Waals surface area (Å²) in [4.78, 5) is 30.9. The third kappa shape index (κ3) is 5.05. The van der Waals surface area contributed by atoms with Gasteiger partial charge in [0.25, 0.3) is 5.91 Å². The SMILES string of the molecule is CC1(c2cccnc2C(N)=O)CN(Cc2cccc(OC(F)(F)F)c2)CCN1C(=O)O. The Morgan fingerprint density at radius 3 is 2.65 bits per heavy atom. The minimum Gasteiger partial charge on any atom is -0.465 e. The van der Waals surface area contributed by atoms with Crippen molar-refractivity contribution in [3.8, 4) is 5.75 Å². The molecule has 1 fully saturated rings. The van der Waals surface area contributed by atoms with Crippen molar-refractivity contribution in [2.75, 3.05) is 19.6 Å². The number of aromatic nitrogens is 1. The number of rotatable bonds is 5. The van der Waals surface area contributed by atoms with Gasteiger partial charge in [-0.2, -0.15) is 0 Å². The Morgan fingerprint density at radius 1 is 1.26 bits per heavy atom. The number of piperazine rings is 1. The topological polar surface area (TPSA) is 109 Å². The van der Waals surface area contributed by atoms with Crippen LogP contribution in [0.4, 0.5) is 18.0 Å². The van der Waals surface area contributed by atoms with Crippen molar-refractivity contribution in [2.45, 2.75) is 25.4 Å². The monoisotopic (exact) mass is 438 g/mol. The predicted molar refractivity (Wildman–Crippen MR) is 103 cm³/mol. The van der Waals surface area contributed by atoms with E-state index in [4.69, 9.17) is 5.73 Å². The van der Waals surface area contributed by atoms with Gasteiger partial charge in [-0.3, -0.25) is 19.6 Å². The molecule has 1 saturated heterocycles. The molecule has 2 amide bonds. The number of pyridine rings is 1. The third-order valence-corrected chi connectivity index (χ3v) is 5.16. The second-order valence-electron chi connectivity index (χ2n) is 7.38. The number of ether oxygens (including phenoxy) is 1. The van der Waals surface area contributed by atoms with E-state index < -0.39 is 23.9 Å². The molecular weight excluding hydrogens is 417 g/mol. The van der Waals surface area contributed by atoms with E-state index in [-0.39, 0.29) is 31.1 Å². The number of primary amides is 1. The number of carbonyl (C=O) groups is 2. The Balaban J connectivity index is 1.89. The van der Waals surface area contributed by atoms with E-state index in [0.717, 1.165) is 0 Å². The Kier molecular flexibility index (Phi) is 6.07. The Bertz CT molecular complexity index is 985. The minimum absolute atomic E-state index is 0.0290. The summed E-state index contributed by atoms with van der Waals surface area (Å²) in [6.07, 6.45) is -4.57. The number of amides is 2. The molecule has 0 saturated carbocycles. The molecule has 166 valence electrons. The second-order valence-corrected chi connectivity index (χ2v) is 7.38. The molecule has 31 heavy (non-hydrogen) atoms. The summed E-state index contributed by atoms with van der Waals surface area (Å²) in [5.41, 5.74) is 5.19. The van der Waals surface area contributed by atoms with Crippen molar-refractivity contribution in [3.05, 3.63) is 59.4 Å². The lowest BCUT2D eigenvalue weighted by molar-refractivity contribution is -0.274. The zero-order valence-electron chi connectivity index (χ0n) is 16.6. The van der Waals surface area contributed by atoms with E-state index in [1.54, 1.807) is 25.1 Å². The number of carbonyl (C=O) groups excluding carboxylic acids is 1. The van der Waals surface area contributed by atoms with E-state index in [9.17, 15) is 27.9 Å². The quantitative estimate of drug-likeness (QED) is 0.743. The normalized spacial score (nSPS) is 19.8. The molecule has 1 aromatic heterocycles. The summed E-state index contributed by atoms with van der Waals surface area (Å²) >= 11 is 0. The molecule has 1 aromatic carbocycles. The molecule has 3 N–H and O–H groups in total. The molecule has 8 nitrogen and oxygen atoms in total. The maximum absolute atomic E-state index is 12.5. The summed E-state index contributed by atoms with van der Waals surface area (Å²) in [6.45, 7) is 2.57. The molecule has 0 bridgehead atoms. The zero-order valence-corrected chi connectivity index (χ0v) is 16.6. The highest BCUT2D eigenvalue weighted by molar-refractivity contribution is 5.92. The summed E-state index contributed by atoms with van der Waals surface area (Å²) in [5.74, 6) is -1.11. The van der Waals surface area contributed by atoms with Crippen LogP contribution in [0.1, 0.15) is 28.5 Å². The van der Waals surface area contributed by atoms with Gasteiger partial charge in [-0.1, -0.05) is 18.2 Å². The first-order chi connectivity index (χ1) is 14.5. The summed E-state index contributed by atoms with van der Waals surface area (Å²) in [5, 5.41) is 9.73. The maximum Gasteiger partial charge on any atom is 0.573 e. The van der Waals surface area contributed by atoms with Crippen molar-refractivity contribution < 1.29 is 32.6 Å². The number of nitrogens with two attached hydrogens (primary N) is 1. The molecule has 1 aliphatic rings. The van der Waals surface area contributed by atoms with Gasteiger partial charge in [0, 0.05) is 37.9 Å². The molecule has 11 heteroatoms. The van der Waals surface area contributed by atoms with Crippen LogP contribution in [0.25, 0.3) is 0 Å². The van der Waals surface area contributed by atoms with Gasteiger partial charge in [0.1, 0.15) is 11.4 Å². The lowest BCUT2D eigenvalue weighted by atomic mass is 9.86. The fourth-order valence-electron chi connectivity index (χ4n) is 3.90. The number of hydrogen-bond acceptors (Lipinski definition) is 5. The molecule has 0 spiro atoms. The smallest absolute Gasteiger partial charge is 0.465 e. The summed E-state index contributed by atoms with van der Waals surface area (Å²) < 4.78 is 41.5. The van der Waals surface area contributed by atoms with E-state index in [1.165, 1.54) is 29.3 Å². The van der Waals surface area contributed by atoms with Crippen molar-refractivity contribution >= 4 is 12.0 Å². The molecule has 3 rings (SSSR count). The molecule has 0 radical (unpaired) electrons. The van der Waals surface area contributed by atoms with Crippen LogP contribution >= 0.6 is 0 Å². The van der Waals surface area contributed by atoms with Gasteiger partial charge in [0.2, 0.25) is 0 Å². The second kappa shape index (κ2) is 8.42. The lowest BCUT2D eigenvalue weighted by Crippen LogP contribution is -2.60. The van der Waals surface area contributed by atoms with Gasteiger partial charge in [0.05, 0.1) is 5.54 Å². The Hall–Kier alpha value is -3.34. The summed E-state index contributed by atoms with van der Waals surface area (Å²) in [7, 11) is 0. The van der Waals surface area contributed by atoms with E-state index >= 15 is 0 Å². The molecule has 0 aliphatic carbocycles. The van der Waals surface area contributed by atoms with Crippen LogP contribution in [0.5, 0.6) is 5.75 Å². The van der Waals surface area contributed by atoms with Gasteiger partial charge in [-0.15, -0.1) is 13.2 Å². The molecule has 1 unspecified atom stereocenters. The van der Waals surface area contributed by atoms with E-state index in [0.29, 0.717) is 17.7 Å². The number of benzene rings is 1. The van der Waals surface area contributed by atoms with Crippen molar-refractivity contribution in [2.24, 2.45) is 5.73 Å². The van der Waals surface area contributed by atoms with E-state index in [1.807, 2.05) is 4.90 Å². The lowest BCUT2D eigenvalue weighted by Gasteiger charge is -2.48. The maximum atomic E-state index is 12.5. The fourth-order valence-corrected chi connectivity index (χ4v) is 3.90. The molecule has 1 atom stereocenters. The van der Waals surface area contributed by atoms with Gasteiger partial charge in [0.15, 0.2) is 0 Å². The molecular formula is C20H21F3N4O4. The van der Waals surface area contributed by atoms with Gasteiger partial charge >= 0.3 is 12.5 Å².